The molecule has 1 heterocycles. The first-order chi connectivity index (χ1) is 10.7. The number of pyridine rings is 1. The van der Waals surface area contributed by atoms with Crippen LogP contribution in [0.3, 0.4) is 0 Å². The van der Waals surface area contributed by atoms with E-state index in [-0.39, 0.29) is 17.8 Å². The first kappa shape index (κ1) is 14.7. The van der Waals surface area contributed by atoms with Gasteiger partial charge in [0.2, 0.25) is 0 Å². The second kappa shape index (κ2) is 6.69. The summed E-state index contributed by atoms with van der Waals surface area (Å²) in [5, 5.41) is 3.06. The molecule has 2 aromatic rings. The van der Waals surface area contributed by atoms with Crippen LogP contribution in [0.1, 0.15) is 42.5 Å². The molecule has 4 heteroatoms. The number of nitrogens with zero attached hydrogens (tertiary/aromatic N) is 1. The van der Waals surface area contributed by atoms with E-state index in [4.69, 9.17) is 0 Å². The molecule has 0 unspecified atom stereocenters. The van der Waals surface area contributed by atoms with Gasteiger partial charge in [0, 0.05) is 17.8 Å². The lowest BCUT2D eigenvalue weighted by Gasteiger charge is -2.22. The van der Waals surface area contributed by atoms with Gasteiger partial charge < -0.3 is 5.32 Å². The van der Waals surface area contributed by atoms with Crippen molar-refractivity contribution in [3.05, 3.63) is 54.0 Å². The van der Waals surface area contributed by atoms with Crippen molar-refractivity contribution in [1.82, 2.24) is 10.3 Å². The van der Waals surface area contributed by atoms with Gasteiger partial charge in [0.05, 0.1) is 11.3 Å². The minimum absolute atomic E-state index is 0.0785. The Morgan fingerprint density at radius 3 is 2.64 bits per heavy atom. The molecule has 0 atom stereocenters. The molecule has 22 heavy (non-hydrogen) atoms. The summed E-state index contributed by atoms with van der Waals surface area (Å²) in [6, 6.07) is 10.1. The molecule has 1 fully saturated rings. The lowest BCUT2D eigenvalue weighted by molar-refractivity contribution is 0.0927. The predicted molar refractivity (Wildman–Crippen MR) is 84.0 cm³/mol. The van der Waals surface area contributed by atoms with Crippen LogP contribution in [0.5, 0.6) is 0 Å². The van der Waals surface area contributed by atoms with E-state index >= 15 is 0 Å². The monoisotopic (exact) mass is 298 g/mol. The molecular formula is C18H19FN2O. The van der Waals surface area contributed by atoms with Crippen LogP contribution in [0.15, 0.2) is 42.6 Å². The standard InChI is InChI=1S/C18H19FN2O/c19-15-6-4-5-13(11-15)17-10-9-14(12-20-17)18(22)21-16-7-2-1-3-8-16/h4-6,9-12,16H,1-3,7-8H2,(H,21,22). The first-order valence-electron chi connectivity index (χ1n) is 7.75. The van der Waals surface area contributed by atoms with Crippen LogP contribution in [0.2, 0.25) is 0 Å². The molecule has 3 nitrogen and oxygen atoms in total. The predicted octanol–water partition coefficient (Wildman–Crippen LogP) is 3.95. The maximum Gasteiger partial charge on any atom is 0.253 e. The maximum atomic E-state index is 13.2. The Morgan fingerprint density at radius 1 is 1.14 bits per heavy atom. The van der Waals surface area contributed by atoms with Crippen molar-refractivity contribution in [1.29, 1.82) is 0 Å². The van der Waals surface area contributed by atoms with E-state index in [9.17, 15) is 9.18 Å². The van der Waals surface area contributed by atoms with Crippen molar-refractivity contribution in [2.45, 2.75) is 38.1 Å². The highest BCUT2D eigenvalue weighted by molar-refractivity contribution is 5.94. The summed E-state index contributed by atoms with van der Waals surface area (Å²) in [7, 11) is 0. The minimum atomic E-state index is -0.293. The van der Waals surface area contributed by atoms with Gasteiger partial charge >= 0.3 is 0 Å². The Hall–Kier alpha value is -2.23. The van der Waals surface area contributed by atoms with E-state index in [1.807, 2.05) is 0 Å². The third-order valence-corrected chi connectivity index (χ3v) is 4.09. The van der Waals surface area contributed by atoms with Crippen molar-refractivity contribution in [2.24, 2.45) is 0 Å². The Bertz CT molecular complexity index is 648. The van der Waals surface area contributed by atoms with Crippen LogP contribution >= 0.6 is 0 Å². The molecule has 1 amide bonds. The molecular weight excluding hydrogens is 279 g/mol. The van der Waals surface area contributed by atoms with Crippen LogP contribution < -0.4 is 5.32 Å². The van der Waals surface area contributed by atoms with Crippen LogP contribution in [-0.4, -0.2) is 16.9 Å². The van der Waals surface area contributed by atoms with Gasteiger partial charge in [-0.3, -0.25) is 9.78 Å². The zero-order valence-corrected chi connectivity index (χ0v) is 12.4. The number of amides is 1. The van der Waals surface area contributed by atoms with Crippen molar-refractivity contribution >= 4 is 5.91 Å². The Morgan fingerprint density at radius 2 is 1.95 bits per heavy atom. The fourth-order valence-corrected chi connectivity index (χ4v) is 2.86. The summed E-state index contributed by atoms with van der Waals surface area (Å²) in [5.41, 5.74) is 1.92. The van der Waals surface area contributed by atoms with Crippen LogP contribution in [0, 0.1) is 5.82 Å². The Labute approximate surface area is 129 Å². The average Bonchev–Trinajstić information content (AvgIpc) is 2.56. The molecule has 1 saturated carbocycles. The normalized spacial score (nSPS) is 15.5. The number of carbonyl (C=O) groups is 1. The zero-order chi connectivity index (χ0) is 15.4. The molecule has 114 valence electrons. The van der Waals surface area contributed by atoms with Gasteiger partial charge in [0.1, 0.15) is 5.82 Å². The van der Waals surface area contributed by atoms with Gasteiger partial charge in [-0.05, 0) is 37.1 Å². The zero-order valence-electron chi connectivity index (χ0n) is 12.4. The highest BCUT2D eigenvalue weighted by atomic mass is 19.1. The number of aromatic nitrogens is 1. The molecule has 0 saturated heterocycles. The number of hydrogen-bond donors (Lipinski definition) is 1. The molecule has 1 N–H and O–H groups in total. The summed E-state index contributed by atoms with van der Waals surface area (Å²) >= 11 is 0. The molecule has 0 radical (unpaired) electrons. The highest BCUT2D eigenvalue weighted by Gasteiger charge is 2.16. The summed E-state index contributed by atoms with van der Waals surface area (Å²) in [5.74, 6) is -0.372. The van der Waals surface area contributed by atoms with E-state index in [0.717, 1.165) is 12.8 Å². The van der Waals surface area contributed by atoms with E-state index < -0.39 is 0 Å². The van der Waals surface area contributed by atoms with Crippen LogP contribution in [0.4, 0.5) is 4.39 Å². The van der Waals surface area contributed by atoms with Gasteiger partial charge in [-0.1, -0.05) is 31.4 Å². The molecule has 3 rings (SSSR count). The summed E-state index contributed by atoms with van der Waals surface area (Å²) < 4.78 is 13.2. The fraction of sp³-hybridized carbons (Fsp3) is 0.333. The number of rotatable bonds is 3. The molecule has 1 aliphatic carbocycles. The van der Waals surface area contributed by atoms with Crippen LogP contribution in [0.25, 0.3) is 11.3 Å². The van der Waals surface area contributed by atoms with E-state index in [2.05, 4.69) is 10.3 Å². The summed E-state index contributed by atoms with van der Waals surface area (Å²) in [4.78, 5) is 16.5. The largest absolute Gasteiger partial charge is 0.349 e. The van der Waals surface area contributed by atoms with Crippen molar-refractivity contribution in [3.8, 4) is 11.3 Å². The maximum absolute atomic E-state index is 13.2. The smallest absolute Gasteiger partial charge is 0.253 e. The average molecular weight is 298 g/mol. The highest BCUT2D eigenvalue weighted by Crippen LogP contribution is 2.19. The third kappa shape index (κ3) is 3.50. The molecule has 1 aliphatic rings. The van der Waals surface area contributed by atoms with Gasteiger partial charge in [-0.2, -0.15) is 0 Å². The topological polar surface area (TPSA) is 42.0 Å². The lowest BCUT2D eigenvalue weighted by atomic mass is 9.95. The van der Waals surface area contributed by atoms with Gasteiger partial charge in [0.15, 0.2) is 0 Å². The first-order valence-corrected chi connectivity index (χ1v) is 7.75. The van der Waals surface area contributed by atoms with E-state index in [1.165, 1.54) is 31.4 Å². The molecule has 0 spiro atoms. The number of benzene rings is 1. The summed E-state index contributed by atoms with van der Waals surface area (Å²) in [6.45, 7) is 0. The molecule has 0 bridgehead atoms. The summed E-state index contributed by atoms with van der Waals surface area (Å²) in [6.07, 6.45) is 7.29. The van der Waals surface area contributed by atoms with Crippen LogP contribution in [-0.2, 0) is 0 Å². The van der Waals surface area contributed by atoms with Gasteiger partial charge in [-0.15, -0.1) is 0 Å². The van der Waals surface area contributed by atoms with E-state index in [0.29, 0.717) is 16.8 Å². The molecule has 1 aromatic heterocycles. The number of nitrogens with one attached hydrogen (secondary N) is 1. The second-order valence-corrected chi connectivity index (χ2v) is 5.75. The van der Waals surface area contributed by atoms with Gasteiger partial charge in [0.25, 0.3) is 5.91 Å². The second-order valence-electron chi connectivity index (χ2n) is 5.75. The lowest BCUT2D eigenvalue weighted by Crippen LogP contribution is -2.36. The molecule has 0 aliphatic heterocycles. The van der Waals surface area contributed by atoms with Crippen molar-refractivity contribution in [3.63, 3.8) is 0 Å². The third-order valence-electron chi connectivity index (χ3n) is 4.09. The molecule has 1 aromatic carbocycles. The van der Waals surface area contributed by atoms with Crippen molar-refractivity contribution < 1.29 is 9.18 Å². The SMILES string of the molecule is O=C(NC1CCCCC1)c1ccc(-c2cccc(F)c2)nc1. The quantitative estimate of drug-likeness (QED) is 0.932. The van der Waals surface area contributed by atoms with Gasteiger partial charge in [-0.25, -0.2) is 4.39 Å². The Balaban J connectivity index is 1.69. The number of carbonyl (C=O) groups excluding carboxylic acids is 1. The Kier molecular flexibility index (Phi) is 4.47. The minimum Gasteiger partial charge on any atom is -0.349 e. The van der Waals surface area contributed by atoms with E-state index in [1.54, 1.807) is 30.5 Å². The van der Waals surface area contributed by atoms with Crippen molar-refractivity contribution in [2.75, 3.05) is 0 Å². The number of halogens is 1. The number of hydrogen-bond acceptors (Lipinski definition) is 2. The fourth-order valence-electron chi connectivity index (χ4n) is 2.86.